The van der Waals surface area contributed by atoms with Crippen molar-refractivity contribution in [1.82, 2.24) is 0 Å². The lowest BCUT2D eigenvalue weighted by molar-refractivity contribution is -0.161. The van der Waals surface area contributed by atoms with Crippen LogP contribution in [0.25, 0.3) is 0 Å². The van der Waals surface area contributed by atoms with E-state index in [0.717, 1.165) is 57.8 Å². The van der Waals surface area contributed by atoms with Crippen molar-refractivity contribution in [3.63, 3.8) is 0 Å². The highest BCUT2D eigenvalue weighted by Crippen LogP contribution is 2.43. The van der Waals surface area contributed by atoms with E-state index in [4.69, 9.17) is 24.3 Å². The number of phosphoric ester groups is 1. The second kappa shape index (κ2) is 43.5. The lowest BCUT2D eigenvalue weighted by Crippen LogP contribution is -2.29. The fraction of sp³-hybridized carbons (Fsp3) is 0.787. The summed E-state index contributed by atoms with van der Waals surface area (Å²) in [5, 5.41) is 0. The molecule has 0 aliphatic rings. The number of nitrogens with two attached hydrogens (primary N) is 1. The van der Waals surface area contributed by atoms with Gasteiger partial charge in [-0.3, -0.25) is 18.6 Å². The highest BCUT2D eigenvalue weighted by molar-refractivity contribution is 7.47. The number of hydrogen-bond donors (Lipinski definition) is 2. The summed E-state index contributed by atoms with van der Waals surface area (Å²) in [6, 6.07) is 0. The summed E-state index contributed by atoms with van der Waals surface area (Å²) >= 11 is 0. The molecule has 10 heteroatoms. The van der Waals surface area contributed by atoms with Gasteiger partial charge in [0, 0.05) is 19.4 Å². The molecule has 0 aromatic carbocycles. The highest BCUT2D eigenvalue weighted by atomic mass is 31.2. The molecule has 0 bridgehead atoms. The molecule has 2 unspecified atom stereocenters. The van der Waals surface area contributed by atoms with Crippen LogP contribution in [0.3, 0.4) is 0 Å². The van der Waals surface area contributed by atoms with Crippen LogP contribution in [0.15, 0.2) is 48.6 Å². The molecule has 0 aromatic rings. The van der Waals surface area contributed by atoms with Crippen LogP contribution in [0.1, 0.15) is 206 Å². The molecular formula is C47H86NO8P. The average Bonchev–Trinajstić information content (AvgIpc) is 3.20. The van der Waals surface area contributed by atoms with Crippen LogP contribution < -0.4 is 5.73 Å². The van der Waals surface area contributed by atoms with Gasteiger partial charge in [0.25, 0.3) is 0 Å². The van der Waals surface area contributed by atoms with Gasteiger partial charge in [-0.05, 0) is 70.6 Å². The molecule has 332 valence electrons. The first-order valence-electron chi connectivity index (χ1n) is 23.1. The Hall–Kier alpha value is -2.03. The number of hydrogen-bond acceptors (Lipinski definition) is 8. The van der Waals surface area contributed by atoms with Gasteiger partial charge in [0.1, 0.15) is 6.61 Å². The lowest BCUT2D eigenvalue weighted by atomic mass is 10.0. The predicted molar refractivity (Wildman–Crippen MR) is 238 cm³/mol. The van der Waals surface area contributed by atoms with Gasteiger partial charge in [-0.1, -0.05) is 172 Å². The van der Waals surface area contributed by atoms with Gasteiger partial charge in [-0.25, -0.2) is 4.57 Å². The normalized spacial score (nSPS) is 13.7. The Balaban J connectivity index is 4.05. The molecule has 0 spiro atoms. The average molecular weight is 824 g/mol. The number of rotatable bonds is 43. The van der Waals surface area contributed by atoms with Crippen molar-refractivity contribution in [3.05, 3.63) is 48.6 Å². The summed E-state index contributed by atoms with van der Waals surface area (Å²) in [6.07, 6.45) is 50.2. The second-order valence-corrected chi connectivity index (χ2v) is 16.7. The van der Waals surface area contributed by atoms with E-state index in [1.165, 1.54) is 116 Å². The molecule has 0 saturated heterocycles. The Morgan fingerprint density at radius 2 is 0.965 bits per heavy atom. The number of allylic oxidation sites excluding steroid dienone is 8. The van der Waals surface area contributed by atoms with Crippen molar-refractivity contribution >= 4 is 19.8 Å². The highest BCUT2D eigenvalue weighted by Gasteiger charge is 2.26. The van der Waals surface area contributed by atoms with Gasteiger partial charge in [-0.15, -0.1) is 0 Å². The Morgan fingerprint density at radius 3 is 1.47 bits per heavy atom. The summed E-state index contributed by atoms with van der Waals surface area (Å²) < 4.78 is 32.8. The minimum Gasteiger partial charge on any atom is -0.462 e. The van der Waals surface area contributed by atoms with Crippen molar-refractivity contribution in [2.75, 3.05) is 26.4 Å². The SMILES string of the molecule is CC/C=C\C/C=C\C/C=C\CCCCCC(=O)OC(COC(=O)CCCCCCCCCCCCC/C=C\CCCCCCCCCC)COP(=O)(O)OCCN. The van der Waals surface area contributed by atoms with Crippen LogP contribution in [0.2, 0.25) is 0 Å². The Labute approximate surface area is 349 Å². The van der Waals surface area contributed by atoms with Crippen LogP contribution in [-0.2, 0) is 32.7 Å². The van der Waals surface area contributed by atoms with E-state index < -0.39 is 32.5 Å². The fourth-order valence-corrected chi connectivity index (χ4v) is 7.06. The molecule has 0 aliphatic heterocycles. The van der Waals surface area contributed by atoms with Gasteiger partial charge in [-0.2, -0.15) is 0 Å². The predicted octanol–water partition coefficient (Wildman–Crippen LogP) is 13.5. The number of phosphoric acid groups is 1. The molecule has 0 rings (SSSR count). The summed E-state index contributed by atoms with van der Waals surface area (Å²) in [4.78, 5) is 34.9. The van der Waals surface area contributed by atoms with Crippen LogP contribution in [0.4, 0.5) is 0 Å². The largest absolute Gasteiger partial charge is 0.472 e. The topological polar surface area (TPSA) is 134 Å². The van der Waals surface area contributed by atoms with Gasteiger partial charge in [0.15, 0.2) is 6.10 Å². The van der Waals surface area contributed by atoms with E-state index in [1.807, 2.05) is 0 Å². The van der Waals surface area contributed by atoms with Crippen molar-refractivity contribution in [1.29, 1.82) is 0 Å². The first-order valence-corrected chi connectivity index (χ1v) is 24.6. The molecule has 9 nitrogen and oxygen atoms in total. The summed E-state index contributed by atoms with van der Waals surface area (Å²) in [5.74, 6) is -0.862. The van der Waals surface area contributed by atoms with Gasteiger partial charge in [0.2, 0.25) is 0 Å². The molecule has 2 atom stereocenters. The molecule has 0 radical (unpaired) electrons. The van der Waals surface area contributed by atoms with Crippen molar-refractivity contribution in [2.24, 2.45) is 5.73 Å². The van der Waals surface area contributed by atoms with Crippen LogP contribution in [0.5, 0.6) is 0 Å². The molecule has 3 N–H and O–H groups in total. The first kappa shape index (κ1) is 55.0. The van der Waals surface area contributed by atoms with E-state index >= 15 is 0 Å². The Morgan fingerprint density at radius 1 is 0.544 bits per heavy atom. The van der Waals surface area contributed by atoms with Crippen molar-refractivity contribution in [3.8, 4) is 0 Å². The number of carbonyl (C=O) groups excluding carboxylic acids is 2. The van der Waals surface area contributed by atoms with E-state index in [2.05, 4.69) is 62.5 Å². The van der Waals surface area contributed by atoms with Gasteiger partial charge in [0.05, 0.1) is 13.2 Å². The standard InChI is InChI=1S/C47H86NO8P/c1-3-5-7-9-11-13-15-17-18-19-20-21-22-23-24-25-26-28-29-31-33-35-37-39-46(49)53-43-45(44-55-57(51,52)54-42-41-48)56-47(50)40-38-36-34-32-30-27-16-14-12-10-8-6-4-2/h6,8,12,14,19-20,27,30,45H,3-5,7,9-11,13,15-18,21-26,28-29,31-44,48H2,1-2H3,(H,51,52)/b8-6-,14-12-,20-19-,30-27-. The van der Waals surface area contributed by atoms with Crippen molar-refractivity contribution < 1.29 is 37.6 Å². The fourth-order valence-electron chi connectivity index (χ4n) is 6.29. The molecule has 0 aliphatic carbocycles. The van der Waals surface area contributed by atoms with Crippen LogP contribution >= 0.6 is 7.82 Å². The van der Waals surface area contributed by atoms with Gasteiger partial charge < -0.3 is 20.1 Å². The third kappa shape index (κ3) is 43.4. The van der Waals surface area contributed by atoms with Crippen molar-refractivity contribution in [2.45, 2.75) is 213 Å². The van der Waals surface area contributed by atoms with E-state index in [1.54, 1.807) is 0 Å². The maximum Gasteiger partial charge on any atom is 0.472 e. The summed E-state index contributed by atoms with van der Waals surface area (Å²) in [7, 11) is -4.39. The van der Waals surface area contributed by atoms with E-state index in [0.29, 0.717) is 6.42 Å². The third-order valence-corrected chi connectivity index (χ3v) is 10.7. The lowest BCUT2D eigenvalue weighted by Gasteiger charge is -2.19. The number of carbonyl (C=O) groups is 2. The Bertz CT molecular complexity index is 1080. The molecule has 57 heavy (non-hydrogen) atoms. The maximum absolute atomic E-state index is 12.6. The Kier molecular flexibility index (Phi) is 42.0. The smallest absolute Gasteiger partial charge is 0.462 e. The number of unbranched alkanes of at least 4 members (excludes halogenated alkanes) is 22. The number of esters is 2. The van der Waals surface area contributed by atoms with Crippen LogP contribution in [0, 0.1) is 0 Å². The molecule has 0 saturated carbocycles. The zero-order valence-corrected chi connectivity index (χ0v) is 37.5. The van der Waals surface area contributed by atoms with Crippen LogP contribution in [-0.4, -0.2) is 49.3 Å². The molecule has 0 heterocycles. The summed E-state index contributed by atoms with van der Waals surface area (Å²) in [5.41, 5.74) is 5.35. The second-order valence-electron chi connectivity index (χ2n) is 15.2. The third-order valence-electron chi connectivity index (χ3n) is 9.70. The quantitative estimate of drug-likeness (QED) is 0.0267. The zero-order chi connectivity index (χ0) is 41.8. The summed E-state index contributed by atoms with van der Waals surface area (Å²) in [6.45, 7) is 3.59. The maximum atomic E-state index is 12.6. The van der Waals surface area contributed by atoms with Gasteiger partial charge >= 0.3 is 19.8 Å². The molecule has 0 aromatic heterocycles. The monoisotopic (exact) mass is 824 g/mol. The molecule has 0 amide bonds. The molecular weight excluding hydrogens is 737 g/mol. The minimum absolute atomic E-state index is 0.0472. The first-order chi connectivity index (χ1) is 27.8. The van der Waals surface area contributed by atoms with E-state index in [-0.39, 0.29) is 32.6 Å². The number of ether oxygens (including phenoxy) is 2. The molecule has 0 fully saturated rings. The zero-order valence-electron chi connectivity index (χ0n) is 36.6. The minimum atomic E-state index is -4.39. The van der Waals surface area contributed by atoms with E-state index in [9.17, 15) is 19.0 Å².